The van der Waals surface area contributed by atoms with Gasteiger partial charge >= 0.3 is 11.9 Å². The molecule has 1 unspecified atom stereocenters. The van der Waals surface area contributed by atoms with Crippen LogP contribution in [0.5, 0.6) is 0 Å². The van der Waals surface area contributed by atoms with Crippen LogP contribution in [0, 0.1) is 11.3 Å². The van der Waals surface area contributed by atoms with Gasteiger partial charge in [-0.1, -0.05) is 175 Å². The topological polar surface area (TPSA) is 192 Å². The van der Waals surface area contributed by atoms with E-state index in [2.05, 4.69) is 36.0 Å². The molecule has 1 fully saturated rings. The average molecular weight is 1120 g/mol. The summed E-state index contributed by atoms with van der Waals surface area (Å²) in [6.07, 6.45) is 17.6. The number of aliphatic hydroxyl groups is 6. The van der Waals surface area contributed by atoms with Crippen LogP contribution in [0.3, 0.4) is 0 Å². The zero-order valence-electron chi connectivity index (χ0n) is 45.7. The van der Waals surface area contributed by atoms with Gasteiger partial charge in [0.25, 0.3) is 0 Å². The molecular weight excluding hydrogens is 1020 g/mol. The number of carbonyl (C=O) groups is 2. The van der Waals surface area contributed by atoms with Crippen molar-refractivity contribution in [3.05, 3.63) is 82.1 Å². The van der Waals surface area contributed by atoms with Gasteiger partial charge in [0.1, 0.15) is 29.7 Å². The number of ether oxygens (including phenoxy) is 4. The second-order valence-corrected chi connectivity index (χ2v) is 22.4. The average Bonchev–Trinajstić information content (AvgIpc) is 3.61. The second kappa shape index (κ2) is 33.9. The number of hydrogen-bond acceptors (Lipinski definition) is 12. The van der Waals surface area contributed by atoms with Crippen LogP contribution < -0.4 is 0 Å². The largest absolute Gasteiger partial charge is 0.496 e. The summed E-state index contributed by atoms with van der Waals surface area (Å²) in [5, 5.41) is 68.3. The Balaban J connectivity index is 2.06. The molecule has 2 rings (SSSR count). The Labute approximate surface area is 442 Å². The fourth-order valence-electron chi connectivity index (χ4n) is 9.66. The molecule has 0 aromatic heterocycles. The van der Waals surface area contributed by atoms with E-state index in [0.29, 0.717) is 54.6 Å². The smallest absolute Gasteiger partial charge is 0.331 e. The number of aliphatic hydroxyl groups excluding tert-OH is 6. The molecule has 2 bridgehead atoms. The van der Waals surface area contributed by atoms with Crippen LogP contribution in [0.4, 0.5) is 0 Å². The quantitative estimate of drug-likeness (QED) is 0.00963. The maximum absolute atomic E-state index is 13.1. The predicted octanol–water partition coefficient (Wildman–Crippen LogP) is 11.8. The zero-order valence-corrected chi connectivity index (χ0v) is 47.3. The summed E-state index contributed by atoms with van der Waals surface area (Å²) in [4.78, 5) is 27.9. The Hall–Kier alpha value is -2.88. The standard InChI is InChI=1S/C59H97BrO12/c1-12-13-14-15-16-17-18-19-20-21-22-23-24-28-56(67)70-47(35-44(6)51(39-60)69-11)36-49(62)45(7)50(63)38-53(65)58(8,9)52(64)32-43(5)33-54(66)59(10)55-37-48(72-59)31-42(4)29-41(3)30-46(61)27-25-26-40(2)34-57(68)71-55/h25-26,29,33-34,39,45-50,52-55,61-66H,3,6,12-24,27-28,30-32,35-38H2,1-2,4-5,7-11H3/b26-25+,40-34+,42-29+,43-33+,51-39+/t45-,46+,47-,48?,49-,50-,52-,53-,54+,55+,59+/m0/s1/i2+1,3+1,4+1,6+1,7+1,8+1,9+1,10+1,25+1,26+1,27+1,29+1,30+1,31+1,32+1,33+1,34+1,35+1,36+1,37+1,38+1,39+1,40+1,41+1,42+1,43+1,44+1,45+1,46+1,47+1,48+1,49+1,50+1,51+1,52+1,53+1,54+1,55+1,57+1,58+1,59+1. The van der Waals surface area contributed by atoms with Gasteiger partial charge < -0.3 is 49.6 Å². The molecule has 2 heterocycles. The molecule has 11 atom stereocenters. The van der Waals surface area contributed by atoms with Gasteiger partial charge in [-0.3, -0.25) is 4.79 Å². The van der Waals surface area contributed by atoms with Gasteiger partial charge in [-0.05, 0) is 70.9 Å². The molecule has 0 aliphatic carbocycles. The van der Waals surface area contributed by atoms with Gasteiger partial charge in [0.2, 0.25) is 0 Å². The number of unbranched alkanes of at least 4 members (excludes halogenated alkanes) is 12. The summed E-state index contributed by atoms with van der Waals surface area (Å²) in [5.74, 6) is -1.21. The highest BCUT2D eigenvalue weighted by Gasteiger charge is 2.51. The third-order valence-electron chi connectivity index (χ3n) is 14.8. The summed E-state index contributed by atoms with van der Waals surface area (Å²) in [6.45, 7) is 22.7. The second-order valence-electron chi connectivity index (χ2n) is 21.9. The number of methoxy groups -OCH3 is 1. The molecule has 0 radical (unpaired) electrons. The maximum Gasteiger partial charge on any atom is 0.331 e. The van der Waals surface area contributed by atoms with Crippen molar-refractivity contribution in [1.82, 2.24) is 0 Å². The highest BCUT2D eigenvalue weighted by molar-refractivity contribution is 9.11. The van der Waals surface area contributed by atoms with E-state index in [0.717, 1.165) is 30.4 Å². The third-order valence-corrected chi connectivity index (χ3v) is 15.2. The Morgan fingerprint density at radius 3 is 2.08 bits per heavy atom. The van der Waals surface area contributed by atoms with Crippen molar-refractivity contribution in [2.24, 2.45) is 11.3 Å². The van der Waals surface area contributed by atoms with E-state index in [1.165, 1.54) is 71.0 Å². The normalized spacial score (nSPS) is 25.7. The van der Waals surface area contributed by atoms with Gasteiger partial charge in [-0.25, -0.2) is 4.79 Å². The lowest BCUT2D eigenvalue weighted by Crippen LogP contribution is -2.48. The predicted molar refractivity (Wildman–Crippen MR) is 292 cm³/mol. The number of hydrogen-bond donors (Lipinski definition) is 6. The first-order chi connectivity index (χ1) is 34.0. The molecule has 72 heavy (non-hydrogen) atoms. The Morgan fingerprint density at radius 2 is 1.50 bits per heavy atom. The monoisotopic (exact) mass is 1120 g/mol. The molecule has 2 aliphatic heterocycles. The summed E-state index contributed by atoms with van der Waals surface area (Å²) in [6, 6.07) is 0. The van der Waals surface area contributed by atoms with E-state index in [1.807, 2.05) is 13.0 Å². The molecule has 0 aromatic carbocycles. The van der Waals surface area contributed by atoms with Crippen LogP contribution in [0.25, 0.3) is 0 Å². The number of fused-ring (bicyclic) bond motifs is 2. The van der Waals surface area contributed by atoms with Crippen LogP contribution in [0.2, 0.25) is 0 Å². The first kappa shape index (κ1) is 65.2. The van der Waals surface area contributed by atoms with E-state index in [9.17, 15) is 40.2 Å². The maximum atomic E-state index is 13.1. The lowest BCUT2D eigenvalue weighted by Gasteiger charge is -2.38. The van der Waals surface area contributed by atoms with Gasteiger partial charge in [0, 0.05) is 54.5 Å². The van der Waals surface area contributed by atoms with E-state index in [4.69, 9.17) is 18.9 Å². The highest BCUT2D eigenvalue weighted by Crippen LogP contribution is 2.40. The van der Waals surface area contributed by atoms with Crippen LogP contribution in [-0.4, -0.2) is 110 Å². The Morgan fingerprint density at radius 1 is 0.917 bits per heavy atom. The van der Waals surface area contributed by atoms with Crippen molar-refractivity contribution in [2.75, 3.05) is 7.11 Å². The SMILES string of the molecule is CCCCCCCCCCCCCCCC(=O)O[13C@@H]([13CH2][13C](=[13CH2])/[13C](=[13CH]\Br)OC)[13CH2][13C@H](O)[13C@H]([13CH3])[13C@@H](O)[13CH2][13C@H](O)[13C]([13CH3])([13CH3])[13C@@H](O)[13CH2]/[13C](C)=[13CH]/[13C@@H](O)[13C@@]1([13CH3])O[13CH]2[13CH2]/[13C]([13CH3])=[13CH]/[13C](=[13CH2])[13CH2][13C@H](O)[13CH2]/[13CH]=[13CH]/[13C]([13CH3])=[13CH]/[13C](=O)O[13C@@H]1[13CH2]2. The third kappa shape index (κ3) is 23.8. The van der Waals surface area contributed by atoms with Gasteiger partial charge in [0.05, 0.1) is 43.7 Å². The fourth-order valence-corrected chi connectivity index (χ4v) is 10.2. The summed E-state index contributed by atoms with van der Waals surface area (Å²) < 4.78 is 23.8. The first-order valence-corrected chi connectivity index (χ1v) is 27.9. The number of halogens is 1. The molecule has 0 aromatic rings. The minimum Gasteiger partial charge on any atom is -0.496 e. The molecule has 13 heteroatoms. The molecule has 0 spiro atoms. The van der Waals surface area contributed by atoms with Gasteiger partial charge in [-0.2, -0.15) is 0 Å². The Kier molecular flexibility index (Phi) is 30.7. The molecule has 12 nitrogen and oxygen atoms in total. The Bertz CT molecular complexity index is 1820. The summed E-state index contributed by atoms with van der Waals surface area (Å²) >= 11 is 3.29. The first-order valence-electron chi connectivity index (χ1n) is 27.0. The van der Waals surface area contributed by atoms with E-state index < -0.39 is 77.8 Å². The lowest BCUT2D eigenvalue weighted by molar-refractivity contribution is -0.163. The molecule has 412 valence electrons. The van der Waals surface area contributed by atoms with Crippen LogP contribution >= 0.6 is 15.9 Å². The minimum atomic E-state index is -1.34. The molecule has 0 amide bonds. The van der Waals surface area contributed by atoms with Crippen molar-refractivity contribution in [2.45, 2.75) is 257 Å². The van der Waals surface area contributed by atoms with Crippen LogP contribution in [-0.2, 0) is 28.5 Å². The lowest BCUT2D eigenvalue weighted by atomic mass is 10.0. The fraction of sp³-hybridized carbons (Fsp3) is 0.729. The summed E-state index contributed by atoms with van der Waals surface area (Å²) in [5.41, 5.74) is 1.08. The van der Waals surface area contributed by atoms with Crippen molar-refractivity contribution >= 4 is 27.9 Å². The van der Waals surface area contributed by atoms with Gasteiger partial charge in [0.15, 0.2) is 0 Å². The van der Waals surface area contributed by atoms with E-state index >= 15 is 0 Å². The number of carbonyl (C=O) groups excluding carboxylic acids is 2. The van der Waals surface area contributed by atoms with Crippen molar-refractivity contribution in [3.63, 3.8) is 0 Å². The minimum absolute atomic E-state index is 0.0174. The van der Waals surface area contributed by atoms with Gasteiger partial charge in [-0.15, -0.1) is 0 Å². The molecular formula is C59H97BrO12. The van der Waals surface area contributed by atoms with E-state index in [1.54, 1.807) is 64.8 Å². The van der Waals surface area contributed by atoms with Crippen LogP contribution in [0.1, 0.15) is 197 Å². The van der Waals surface area contributed by atoms with Crippen molar-refractivity contribution < 1.29 is 59.2 Å². The zero-order chi connectivity index (χ0) is 54.0. The summed E-state index contributed by atoms with van der Waals surface area (Å²) in [7, 11) is 1.51. The number of allylic oxidation sites excluding steroid dienone is 4. The van der Waals surface area contributed by atoms with Crippen LogP contribution in [0.15, 0.2) is 82.1 Å². The molecule has 0 saturated carbocycles. The molecule has 1 saturated heterocycles. The number of rotatable bonds is 31. The molecule has 2 aliphatic rings. The highest BCUT2D eigenvalue weighted by atomic mass is 79.9. The van der Waals surface area contributed by atoms with Crippen molar-refractivity contribution in [3.8, 4) is 0 Å². The van der Waals surface area contributed by atoms with E-state index in [-0.39, 0.29) is 38.1 Å². The van der Waals surface area contributed by atoms with Crippen molar-refractivity contribution in [1.29, 1.82) is 0 Å². The number of esters is 2. The molecule has 6 N–H and O–H groups in total.